The first-order chi connectivity index (χ1) is 19.6. The van der Waals surface area contributed by atoms with Gasteiger partial charge in [-0.05, 0) is 63.5 Å². The van der Waals surface area contributed by atoms with Crippen molar-refractivity contribution in [3.63, 3.8) is 0 Å². The second kappa shape index (κ2) is 25.8. The van der Waals surface area contributed by atoms with Crippen LogP contribution in [0.3, 0.4) is 0 Å². The number of hydrogen-bond acceptors (Lipinski definition) is 4. The Kier molecular flexibility index (Phi) is 22.2. The van der Waals surface area contributed by atoms with Gasteiger partial charge >= 0.3 is 0 Å². The molecule has 0 radical (unpaired) electrons. The summed E-state index contributed by atoms with van der Waals surface area (Å²) in [5.74, 6) is -0.0134. The molecule has 0 aliphatic carbocycles. The van der Waals surface area contributed by atoms with E-state index in [4.69, 9.17) is 4.74 Å². The smallest absolute Gasteiger partial charge is 0.223 e. The van der Waals surface area contributed by atoms with Crippen LogP contribution in [0.2, 0.25) is 0 Å². The third-order valence-electron chi connectivity index (χ3n) is 5.62. The lowest BCUT2D eigenvalue weighted by Gasteiger charge is -2.07. The highest BCUT2D eigenvalue weighted by Crippen LogP contribution is 2.02. The fraction of sp³-hybridized carbons (Fsp3) is 0.441. The Bertz CT molecular complexity index is 973. The summed E-state index contributed by atoms with van der Waals surface area (Å²) in [5, 5.41) is 5.69. The van der Waals surface area contributed by atoms with Crippen LogP contribution in [0.1, 0.15) is 76.0 Å². The lowest BCUT2D eigenvalue weighted by molar-refractivity contribution is -0.121. The van der Waals surface area contributed by atoms with Gasteiger partial charge in [-0.1, -0.05) is 85.9 Å². The summed E-state index contributed by atoms with van der Waals surface area (Å²) in [6.45, 7) is 5.84. The fourth-order valence-corrected chi connectivity index (χ4v) is 3.42. The largest absolute Gasteiger partial charge is 0.378 e. The quantitative estimate of drug-likeness (QED) is 0.121. The highest BCUT2D eigenvalue weighted by Gasteiger charge is 2.00. The molecular formula is C34H49N3O3. The second-order valence-corrected chi connectivity index (χ2v) is 9.25. The minimum atomic E-state index is -0.0549. The van der Waals surface area contributed by atoms with Crippen molar-refractivity contribution in [1.82, 2.24) is 15.6 Å². The fourth-order valence-electron chi connectivity index (χ4n) is 3.42. The van der Waals surface area contributed by atoms with Crippen molar-refractivity contribution in [1.29, 1.82) is 0 Å². The zero-order valence-electron chi connectivity index (χ0n) is 24.5. The standard InChI is InChI=1S/C34H49N3O3/c1-3-4-5-6-7-8-9-10-11-12-13-14-15-16-17-18-19-22-33(38)35-26-28-40-29-27-36-34(39)23-20-21-32-25-24-31(2)37-30-32/h4-5,7-8,10-11,13-14,16-17,20-21,24-25,30H,3,6,9,12,15,18-19,22-23,26-29H2,1-2H3,(H,35,38)(H,36,39)/b5-4?,8-7?,11-10?,14-13?,17-16?,21-20+. The normalized spacial score (nSPS) is 12.2. The molecule has 1 aromatic heterocycles. The Morgan fingerprint density at radius 3 is 1.93 bits per heavy atom. The van der Waals surface area contributed by atoms with Gasteiger partial charge in [-0.15, -0.1) is 0 Å². The van der Waals surface area contributed by atoms with Crippen LogP contribution in [0.15, 0.2) is 85.2 Å². The van der Waals surface area contributed by atoms with Crippen LogP contribution in [-0.2, 0) is 14.3 Å². The number of pyridine rings is 1. The van der Waals surface area contributed by atoms with Gasteiger partial charge in [0.15, 0.2) is 0 Å². The molecule has 40 heavy (non-hydrogen) atoms. The van der Waals surface area contributed by atoms with E-state index in [9.17, 15) is 9.59 Å². The number of carbonyl (C=O) groups is 2. The van der Waals surface area contributed by atoms with Crippen LogP contribution < -0.4 is 10.6 Å². The lowest BCUT2D eigenvalue weighted by atomic mass is 10.2. The summed E-state index contributed by atoms with van der Waals surface area (Å²) < 4.78 is 5.48. The SMILES string of the molecule is CCC=CCC=CCC=CCC=CCC=CCCCC(=O)NCCOCCNC(=O)C/C=C/c1ccc(C)nc1. The molecule has 0 atom stereocenters. The van der Waals surface area contributed by atoms with Crippen molar-refractivity contribution >= 4 is 17.9 Å². The predicted molar refractivity (Wildman–Crippen MR) is 168 cm³/mol. The summed E-state index contributed by atoms with van der Waals surface area (Å²) in [5.41, 5.74) is 1.93. The number of unbranched alkanes of at least 4 members (excludes halogenated alkanes) is 1. The van der Waals surface area contributed by atoms with E-state index in [2.05, 4.69) is 83.3 Å². The van der Waals surface area contributed by atoms with Crippen molar-refractivity contribution in [2.45, 2.75) is 71.6 Å². The zero-order chi connectivity index (χ0) is 28.9. The first-order valence-electron chi connectivity index (χ1n) is 14.6. The molecule has 6 nitrogen and oxygen atoms in total. The molecule has 218 valence electrons. The van der Waals surface area contributed by atoms with Gasteiger partial charge in [-0.25, -0.2) is 0 Å². The maximum atomic E-state index is 11.9. The van der Waals surface area contributed by atoms with Crippen LogP contribution in [-0.4, -0.2) is 43.1 Å². The van der Waals surface area contributed by atoms with Gasteiger partial charge in [0.2, 0.25) is 11.8 Å². The number of aromatic nitrogens is 1. The minimum absolute atomic E-state index is 0.0415. The number of nitrogens with zero attached hydrogens (tertiary/aromatic N) is 1. The molecule has 0 saturated carbocycles. The average molecular weight is 548 g/mol. The van der Waals surface area contributed by atoms with Gasteiger partial charge in [-0.2, -0.15) is 0 Å². The van der Waals surface area contributed by atoms with Crippen molar-refractivity contribution in [2.75, 3.05) is 26.3 Å². The van der Waals surface area contributed by atoms with E-state index in [1.165, 1.54) is 0 Å². The molecule has 0 unspecified atom stereocenters. The van der Waals surface area contributed by atoms with Crippen LogP contribution in [0.25, 0.3) is 6.08 Å². The van der Waals surface area contributed by atoms with E-state index in [0.717, 1.165) is 56.2 Å². The van der Waals surface area contributed by atoms with Crippen molar-refractivity contribution in [3.8, 4) is 0 Å². The molecule has 0 fully saturated rings. The number of nitrogens with one attached hydrogen (secondary N) is 2. The van der Waals surface area contributed by atoms with E-state index < -0.39 is 0 Å². The van der Waals surface area contributed by atoms with Gasteiger partial charge in [0.1, 0.15) is 0 Å². The van der Waals surface area contributed by atoms with E-state index in [0.29, 0.717) is 39.1 Å². The molecule has 0 aliphatic rings. The van der Waals surface area contributed by atoms with E-state index >= 15 is 0 Å². The average Bonchev–Trinajstić information content (AvgIpc) is 2.95. The van der Waals surface area contributed by atoms with E-state index in [1.54, 1.807) is 6.20 Å². The van der Waals surface area contributed by atoms with Crippen molar-refractivity contribution in [3.05, 3.63) is 96.4 Å². The third-order valence-corrected chi connectivity index (χ3v) is 5.62. The molecule has 0 spiro atoms. The molecule has 2 amide bonds. The number of carbonyl (C=O) groups excluding carboxylic acids is 2. The van der Waals surface area contributed by atoms with E-state index in [-0.39, 0.29) is 11.8 Å². The number of amides is 2. The Balaban J connectivity index is 1.90. The summed E-state index contributed by atoms with van der Waals surface area (Å²) in [6, 6.07) is 3.91. The Morgan fingerprint density at radius 2 is 1.35 bits per heavy atom. The number of ether oxygens (including phenoxy) is 1. The van der Waals surface area contributed by atoms with Gasteiger partial charge in [0.25, 0.3) is 0 Å². The molecule has 2 N–H and O–H groups in total. The molecule has 1 heterocycles. The molecule has 0 aromatic carbocycles. The van der Waals surface area contributed by atoms with Gasteiger partial charge in [0.05, 0.1) is 13.2 Å². The highest BCUT2D eigenvalue weighted by molar-refractivity contribution is 5.78. The molecule has 0 aliphatic heterocycles. The van der Waals surface area contributed by atoms with Crippen LogP contribution in [0.5, 0.6) is 0 Å². The minimum Gasteiger partial charge on any atom is -0.378 e. The maximum Gasteiger partial charge on any atom is 0.223 e. The predicted octanol–water partition coefficient (Wildman–Crippen LogP) is 6.96. The molecule has 1 aromatic rings. The number of allylic oxidation sites excluding steroid dienone is 10. The summed E-state index contributed by atoms with van der Waals surface area (Å²) in [6.07, 6.45) is 34.8. The topological polar surface area (TPSA) is 80.3 Å². The molecule has 1 rings (SSSR count). The number of rotatable bonds is 22. The monoisotopic (exact) mass is 547 g/mol. The maximum absolute atomic E-state index is 11.9. The Labute approximate surface area is 242 Å². The van der Waals surface area contributed by atoms with Crippen LogP contribution in [0, 0.1) is 6.92 Å². The first-order valence-corrected chi connectivity index (χ1v) is 14.6. The van der Waals surface area contributed by atoms with E-state index in [1.807, 2.05) is 31.2 Å². The number of aryl methyl sites for hydroxylation is 1. The molecule has 6 heteroatoms. The van der Waals surface area contributed by atoms with Crippen molar-refractivity contribution in [2.24, 2.45) is 0 Å². The molecule has 0 bridgehead atoms. The van der Waals surface area contributed by atoms with Gasteiger partial charge in [0, 0.05) is 37.8 Å². The summed E-state index contributed by atoms with van der Waals surface area (Å²) >= 11 is 0. The number of hydrogen-bond donors (Lipinski definition) is 2. The zero-order valence-corrected chi connectivity index (χ0v) is 24.5. The molecule has 0 saturated heterocycles. The summed E-state index contributed by atoms with van der Waals surface area (Å²) in [7, 11) is 0. The molecular weight excluding hydrogens is 498 g/mol. The third kappa shape index (κ3) is 22.5. The lowest BCUT2D eigenvalue weighted by Crippen LogP contribution is -2.29. The Hall–Kier alpha value is -3.51. The van der Waals surface area contributed by atoms with Crippen molar-refractivity contribution < 1.29 is 14.3 Å². The van der Waals surface area contributed by atoms with Gasteiger partial charge in [-0.3, -0.25) is 14.6 Å². The van der Waals surface area contributed by atoms with Gasteiger partial charge < -0.3 is 15.4 Å². The Morgan fingerprint density at radius 1 is 0.775 bits per heavy atom. The van der Waals surface area contributed by atoms with Crippen LogP contribution in [0.4, 0.5) is 0 Å². The second-order valence-electron chi connectivity index (χ2n) is 9.25. The van der Waals surface area contributed by atoms with Crippen LogP contribution >= 0.6 is 0 Å². The first kappa shape index (κ1) is 34.5. The summed E-state index contributed by atoms with van der Waals surface area (Å²) in [4.78, 5) is 28.0. The highest BCUT2D eigenvalue weighted by atomic mass is 16.5.